The van der Waals surface area contributed by atoms with Crippen molar-refractivity contribution in [3.8, 4) is 0 Å². The molecule has 5 heteroatoms. The summed E-state index contributed by atoms with van der Waals surface area (Å²) in [5, 5.41) is 9.78. The molecular weight excluding hydrogens is 298 g/mol. The van der Waals surface area contributed by atoms with Gasteiger partial charge < -0.3 is 5.32 Å². The lowest BCUT2D eigenvalue weighted by atomic mass is 10.0. The molecule has 0 saturated carbocycles. The summed E-state index contributed by atoms with van der Waals surface area (Å²) in [6, 6.07) is 2.84. The summed E-state index contributed by atoms with van der Waals surface area (Å²) in [6.45, 7) is 7.66. The van der Waals surface area contributed by atoms with Crippen LogP contribution < -0.4 is 5.32 Å². The van der Waals surface area contributed by atoms with Gasteiger partial charge in [0.1, 0.15) is 0 Å². The van der Waals surface area contributed by atoms with Crippen molar-refractivity contribution in [1.29, 1.82) is 0 Å². The van der Waals surface area contributed by atoms with E-state index in [9.17, 15) is 0 Å². The molecule has 0 radical (unpaired) electrons. The smallest absolute Gasteiger partial charge is 0.0624 e. The lowest BCUT2D eigenvalue weighted by Crippen LogP contribution is -2.45. The van der Waals surface area contributed by atoms with Crippen molar-refractivity contribution >= 4 is 23.5 Å². The number of hydrogen-bond donors (Lipinski definition) is 1. The van der Waals surface area contributed by atoms with E-state index in [4.69, 9.17) is 5.10 Å². The Morgan fingerprint density at radius 3 is 2.71 bits per heavy atom. The lowest BCUT2D eigenvalue weighted by Gasteiger charge is -2.36. The standard InChI is InChI=1S/C16H29N3S2/c1-5-12-10-13(19(7-3)18-12)11-14(17-4)16-15(6-2)20-8-9-21-16/h10,14-17H,5-9,11H2,1-4H3. The molecule has 0 amide bonds. The van der Waals surface area contributed by atoms with Crippen LogP contribution >= 0.6 is 23.5 Å². The predicted molar refractivity (Wildman–Crippen MR) is 96.6 cm³/mol. The number of rotatable bonds is 7. The van der Waals surface area contributed by atoms with Crippen LogP contribution in [0, 0.1) is 0 Å². The van der Waals surface area contributed by atoms with Crippen LogP contribution in [0.1, 0.15) is 38.6 Å². The van der Waals surface area contributed by atoms with Crippen molar-refractivity contribution in [3.05, 3.63) is 17.5 Å². The topological polar surface area (TPSA) is 29.9 Å². The molecule has 1 aromatic heterocycles. The Kier molecular flexibility index (Phi) is 6.96. The van der Waals surface area contributed by atoms with Crippen LogP contribution in [0.5, 0.6) is 0 Å². The number of hydrogen-bond acceptors (Lipinski definition) is 4. The summed E-state index contributed by atoms with van der Waals surface area (Å²) < 4.78 is 2.19. The van der Waals surface area contributed by atoms with E-state index in [1.54, 1.807) is 0 Å². The van der Waals surface area contributed by atoms with Gasteiger partial charge >= 0.3 is 0 Å². The van der Waals surface area contributed by atoms with Crippen molar-refractivity contribution in [1.82, 2.24) is 15.1 Å². The molecule has 1 fully saturated rings. The molecule has 3 unspecified atom stereocenters. The molecule has 3 atom stereocenters. The van der Waals surface area contributed by atoms with Gasteiger partial charge in [0.25, 0.3) is 0 Å². The quantitative estimate of drug-likeness (QED) is 0.833. The predicted octanol–water partition coefficient (Wildman–Crippen LogP) is 3.22. The highest BCUT2D eigenvalue weighted by molar-refractivity contribution is 8.07. The number of likely N-dealkylation sites (N-methyl/N-ethyl adjacent to an activating group) is 1. The van der Waals surface area contributed by atoms with Crippen LogP contribution in [0.3, 0.4) is 0 Å². The Morgan fingerprint density at radius 1 is 1.33 bits per heavy atom. The molecule has 0 aliphatic carbocycles. The maximum Gasteiger partial charge on any atom is 0.0624 e. The van der Waals surface area contributed by atoms with Crippen LogP contribution in [0.4, 0.5) is 0 Å². The third-order valence-corrected chi connectivity index (χ3v) is 7.67. The minimum Gasteiger partial charge on any atom is -0.315 e. The van der Waals surface area contributed by atoms with Crippen molar-refractivity contribution in [2.45, 2.75) is 63.1 Å². The summed E-state index contributed by atoms with van der Waals surface area (Å²) in [5.74, 6) is 2.60. The second kappa shape index (κ2) is 8.49. The Balaban J connectivity index is 2.12. The van der Waals surface area contributed by atoms with E-state index < -0.39 is 0 Å². The Labute approximate surface area is 138 Å². The molecule has 1 N–H and O–H groups in total. The fourth-order valence-electron chi connectivity index (χ4n) is 3.04. The number of thioether (sulfide) groups is 2. The average Bonchev–Trinajstić information content (AvgIpc) is 2.94. The highest BCUT2D eigenvalue weighted by Crippen LogP contribution is 2.36. The molecular formula is C16H29N3S2. The molecule has 0 aromatic carbocycles. The average molecular weight is 328 g/mol. The normalized spacial score (nSPS) is 24.2. The maximum absolute atomic E-state index is 4.70. The van der Waals surface area contributed by atoms with Gasteiger partial charge in [0, 0.05) is 46.7 Å². The number of aryl methyl sites for hydroxylation is 2. The van der Waals surface area contributed by atoms with E-state index in [0.717, 1.165) is 24.6 Å². The summed E-state index contributed by atoms with van der Waals surface area (Å²) in [7, 11) is 2.12. The van der Waals surface area contributed by atoms with Crippen molar-refractivity contribution in [2.75, 3.05) is 18.6 Å². The van der Waals surface area contributed by atoms with Crippen molar-refractivity contribution < 1.29 is 0 Å². The molecule has 120 valence electrons. The summed E-state index contributed by atoms with van der Waals surface area (Å²) in [5.41, 5.74) is 2.61. The first-order valence-electron chi connectivity index (χ1n) is 8.19. The minimum atomic E-state index is 0.541. The van der Waals surface area contributed by atoms with Gasteiger partial charge in [-0.1, -0.05) is 13.8 Å². The van der Waals surface area contributed by atoms with E-state index >= 15 is 0 Å². The summed E-state index contributed by atoms with van der Waals surface area (Å²) >= 11 is 4.32. The van der Waals surface area contributed by atoms with E-state index in [-0.39, 0.29) is 0 Å². The van der Waals surface area contributed by atoms with E-state index in [0.29, 0.717) is 11.3 Å². The molecule has 0 spiro atoms. The van der Waals surface area contributed by atoms with E-state index in [1.807, 2.05) is 0 Å². The first-order valence-corrected chi connectivity index (χ1v) is 10.3. The van der Waals surface area contributed by atoms with Gasteiger partial charge in [-0.25, -0.2) is 0 Å². The molecule has 2 heterocycles. The van der Waals surface area contributed by atoms with E-state index in [1.165, 1.54) is 29.3 Å². The molecule has 1 aromatic rings. The van der Waals surface area contributed by atoms with Crippen molar-refractivity contribution in [3.63, 3.8) is 0 Å². The fraction of sp³-hybridized carbons (Fsp3) is 0.812. The summed E-state index contributed by atoms with van der Waals surface area (Å²) in [6.07, 6.45) is 3.38. The maximum atomic E-state index is 4.70. The highest BCUT2D eigenvalue weighted by Gasteiger charge is 2.31. The third-order valence-electron chi connectivity index (χ3n) is 4.27. The Hall–Kier alpha value is -0.130. The number of aromatic nitrogens is 2. The number of nitrogens with zero attached hydrogens (tertiary/aromatic N) is 2. The Morgan fingerprint density at radius 2 is 2.10 bits per heavy atom. The van der Waals surface area contributed by atoms with E-state index in [2.05, 4.69) is 67.4 Å². The van der Waals surface area contributed by atoms with Crippen LogP contribution in [0.25, 0.3) is 0 Å². The highest BCUT2D eigenvalue weighted by atomic mass is 32.2. The SMILES string of the molecule is CCc1cc(CC(NC)C2SCCSC2CC)n(CC)n1. The van der Waals surface area contributed by atoms with Gasteiger partial charge in [-0.05, 0) is 32.9 Å². The van der Waals surface area contributed by atoms with Gasteiger partial charge in [-0.3, -0.25) is 4.68 Å². The molecule has 1 saturated heterocycles. The molecule has 1 aliphatic rings. The fourth-order valence-corrected chi connectivity index (χ4v) is 6.35. The monoisotopic (exact) mass is 327 g/mol. The summed E-state index contributed by atoms with van der Waals surface area (Å²) in [4.78, 5) is 0. The van der Waals surface area contributed by atoms with Crippen molar-refractivity contribution in [2.24, 2.45) is 0 Å². The largest absolute Gasteiger partial charge is 0.315 e. The second-order valence-electron chi connectivity index (χ2n) is 5.55. The van der Waals surface area contributed by atoms with Gasteiger partial charge in [-0.2, -0.15) is 28.6 Å². The van der Waals surface area contributed by atoms with Crippen LogP contribution in [-0.2, 0) is 19.4 Å². The molecule has 21 heavy (non-hydrogen) atoms. The number of nitrogens with one attached hydrogen (secondary N) is 1. The van der Waals surface area contributed by atoms with Gasteiger partial charge in [0.2, 0.25) is 0 Å². The Bertz CT molecular complexity index is 433. The third kappa shape index (κ3) is 4.20. The van der Waals surface area contributed by atoms with Gasteiger partial charge in [0.05, 0.1) is 5.69 Å². The first-order chi connectivity index (χ1) is 10.2. The van der Waals surface area contributed by atoms with Crippen LogP contribution in [-0.4, -0.2) is 44.9 Å². The van der Waals surface area contributed by atoms with Gasteiger partial charge in [0.15, 0.2) is 0 Å². The van der Waals surface area contributed by atoms with Gasteiger partial charge in [-0.15, -0.1) is 0 Å². The molecule has 1 aliphatic heterocycles. The molecule has 2 rings (SSSR count). The lowest BCUT2D eigenvalue weighted by molar-refractivity contribution is 0.493. The van der Waals surface area contributed by atoms with Crippen LogP contribution in [0.2, 0.25) is 0 Å². The second-order valence-corrected chi connectivity index (χ2v) is 8.18. The zero-order valence-electron chi connectivity index (χ0n) is 13.8. The zero-order valence-corrected chi connectivity index (χ0v) is 15.4. The first kappa shape index (κ1) is 17.2. The molecule has 3 nitrogen and oxygen atoms in total. The van der Waals surface area contributed by atoms with Crippen LogP contribution in [0.15, 0.2) is 6.07 Å². The molecule has 0 bridgehead atoms. The minimum absolute atomic E-state index is 0.541. The zero-order chi connectivity index (χ0) is 15.2.